The van der Waals surface area contributed by atoms with Crippen LogP contribution in [0, 0.1) is 28.1 Å². The summed E-state index contributed by atoms with van der Waals surface area (Å²) in [6.45, 7) is 7.23. The molecule has 1 aromatic heterocycles. The third-order valence-corrected chi connectivity index (χ3v) is 13.8. The van der Waals surface area contributed by atoms with Crippen LogP contribution in [0.3, 0.4) is 0 Å². The monoisotopic (exact) mass is 734 g/mol. The molecule has 0 radical (unpaired) electrons. The Morgan fingerprint density at radius 3 is 2.21 bits per heavy atom. The number of methoxy groups -OCH3 is 1. The smallest absolute Gasteiger partial charge is 0.306 e. The van der Waals surface area contributed by atoms with Gasteiger partial charge in [0, 0.05) is 51.0 Å². The topological polar surface area (TPSA) is 233 Å². The number of furan rings is 1. The molecule has 4 heterocycles. The first kappa shape index (κ1) is 35.4. The van der Waals surface area contributed by atoms with Crippen molar-refractivity contribution in [3.63, 3.8) is 0 Å². The first-order valence-electron chi connectivity index (χ1n) is 17.2. The molecule has 0 aromatic carbocycles. The van der Waals surface area contributed by atoms with E-state index in [0.29, 0.717) is 5.56 Å². The Hall–Kier alpha value is -3.61. The standard InChI is InChI=1S/C35H42O17/c1-15(36)46-14-31-19(10-21(39)44-7)28(4)13-32(31)33(43,26(28)41)27(42)34-20-11-22(40)49-23(18-8-9-45-12-18)29(20,5)24(47-16(2)37)25(48-17(3)38)35(31,34)52-30(6,50-32)51-34/h8-9,12,19-20,23-27,41-43H,10-11,13-14H2,1-7H3/t19-,20+,23-,24-,25+,26-,27+,28-,29+,30?,31+,32+,33-,34+,35-/m0/s1. The number of cyclic esters (lactones) is 1. The highest BCUT2D eigenvalue weighted by atomic mass is 16.9. The summed E-state index contributed by atoms with van der Waals surface area (Å²) in [6, 6.07) is 1.52. The van der Waals surface area contributed by atoms with Gasteiger partial charge in [0.2, 0.25) is 0 Å². The van der Waals surface area contributed by atoms with E-state index >= 15 is 0 Å². The van der Waals surface area contributed by atoms with Gasteiger partial charge in [-0.05, 0) is 18.4 Å². The molecule has 4 aliphatic carbocycles. The number of ether oxygens (including phenoxy) is 8. The van der Waals surface area contributed by atoms with Gasteiger partial charge in [-0.15, -0.1) is 0 Å². The molecule has 1 aromatic rings. The molecule has 3 saturated heterocycles. The van der Waals surface area contributed by atoms with E-state index in [0.717, 1.165) is 27.9 Å². The van der Waals surface area contributed by atoms with Crippen molar-refractivity contribution >= 4 is 29.8 Å². The Labute approximate surface area is 297 Å². The molecule has 52 heavy (non-hydrogen) atoms. The fourth-order valence-electron chi connectivity index (χ4n) is 12.6. The number of carbonyl (C=O) groups excluding carboxylic acids is 5. The van der Waals surface area contributed by atoms with Crippen molar-refractivity contribution in [3.05, 3.63) is 24.2 Å². The van der Waals surface area contributed by atoms with E-state index in [2.05, 4.69) is 0 Å². The molecule has 7 aliphatic rings. The van der Waals surface area contributed by atoms with Crippen LogP contribution in [0.2, 0.25) is 0 Å². The highest BCUT2D eigenvalue weighted by molar-refractivity contribution is 5.74. The Morgan fingerprint density at radius 1 is 0.942 bits per heavy atom. The van der Waals surface area contributed by atoms with Gasteiger partial charge >= 0.3 is 29.8 Å². The van der Waals surface area contributed by atoms with E-state index in [-0.39, 0.29) is 6.42 Å². The number of hydrogen-bond acceptors (Lipinski definition) is 17. The van der Waals surface area contributed by atoms with Crippen LogP contribution in [-0.2, 0) is 61.9 Å². The molecular formula is C35H42O17. The van der Waals surface area contributed by atoms with Crippen LogP contribution in [0.15, 0.2) is 23.0 Å². The molecule has 7 fully saturated rings. The largest absolute Gasteiger partial charge is 0.472 e. The van der Waals surface area contributed by atoms with E-state index < -0.39 is 136 Å². The molecule has 1 unspecified atom stereocenters. The minimum atomic E-state index is -2.66. The first-order chi connectivity index (χ1) is 24.2. The molecule has 15 atom stereocenters. The zero-order valence-corrected chi connectivity index (χ0v) is 29.7. The number of aliphatic hydroxyl groups is 3. The Bertz CT molecular complexity index is 1780. The normalized spacial score (nSPS) is 51.6. The first-order valence-corrected chi connectivity index (χ1v) is 17.2. The van der Waals surface area contributed by atoms with E-state index in [9.17, 15) is 39.3 Å². The maximum Gasteiger partial charge on any atom is 0.306 e. The van der Waals surface area contributed by atoms with Crippen LogP contribution in [0.1, 0.15) is 72.5 Å². The quantitative estimate of drug-likeness (QED) is 0.253. The predicted octanol–water partition coefficient (Wildman–Crippen LogP) is 0.353. The second-order valence-electron chi connectivity index (χ2n) is 16.0. The van der Waals surface area contributed by atoms with Gasteiger partial charge in [-0.2, -0.15) is 0 Å². The van der Waals surface area contributed by atoms with Gasteiger partial charge in [0.1, 0.15) is 35.6 Å². The number of carbonyl (C=O) groups is 5. The van der Waals surface area contributed by atoms with Crippen molar-refractivity contribution in [2.75, 3.05) is 13.7 Å². The third-order valence-electron chi connectivity index (χ3n) is 13.8. The lowest BCUT2D eigenvalue weighted by Gasteiger charge is -2.78. The van der Waals surface area contributed by atoms with E-state index in [1.807, 2.05) is 0 Å². The van der Waals surface area contributed by atoms with Crippen LogP contribution in [0.4, 0.5) is 0 Å². The van der Waals surface area contributed by atoms with Crippen LogP contribution < -0.4 is 0 Å². The van der Waals surface area contributed by atoms with Gasteiger partial charge in [-0.3, -0.25) is 24.0 Å². The molecule has 4 bridgehead atoms. The summed E-state index contributed by atoms with van der Waals surface area (Å²) in [5.41, 5.74) is -14.6. The van der Waals surface area contributed by atoms with Crippen molar-refractivity contribution in [3.8, 4) is 0 Å². The molecule has 0 amide bonds. The van der Waals surface area contributed by atoms with Crippen LogP contribution in [-0.4, -0.2) is 112 Å². The number of aliphatic hydroxyl groups excluding tert-OH is 2. The van der Waals surface area contributed by atoms with Crippen molar-refractivity contribution in [1.82, 2.24) is 0 Å². The van der Waals surface area contributed by atoms with Gasteiger partial charge in [-0.1, -0.05) is 13.8 Å². The van der Waals surface area contributed by atoms with Gasteiger partial charge in [0.25, 0.3) is 5.97 Å². The highest BCUT2D eigenvalue weighted by Crippen LogP contribution is 2.89. The second-order valence-corrected chi connectivity index (χ2v) is 16.0. The average molecular weight is 735 g/mol. The van der Waals surface area contributed by atoms with Crippen molar-refractivity contribution in [2.24, 2.45) is 28.1 Å². The fraction of sp³-hybridized carbons (Fsp3) is 0.743. The highest BCUT2D eigenvalue weighted by Gasteiger charge is 3.06. The molecule has 17 nitrogen and oxygen atoms in total. The predicted molar refractivity (Wildman–Crippen MR) is 164 cm³/mol. The van der Waals surface area contributed by atoms with Crippen LogP contribution in [0.25, 0.3) is 0 Å². The summed E-state index contributed by atoms with van der Waals surface area (Å²) < 4.78 is 55.3. The van der Waals surface area contributed by atoms with Gasteiger partial charge in [-0.25, -0.2) is 0 Å². The lowest BCUT2D eigenvalue weighted by molar-refractivity contribution is -0.497. The Kier molecular flexibility index (Phi) is 7.03. The second kappa shape index (κ2) is 10.3. The van der Waals surface area contributed by atoms with Gasteiger partial charge < -0.3 is 57.6 Å². The zero-order valence-electron chi connectivity index (χ0n) is 29.7. The molecule has 3 N–H and O–H groups in total. The van der Waals surface area contributed by atoms with E-state index in [1.54, 1.807) is 13.8 Å². The summed E-state index contributed by atoms with van der Waals surface area (Å²) in [6.07, 6.45) is -7.33. The summed E-state index contributed by atoms with van der Waals surface area (Å²) in [4.78, 5) is 66.7. The minimum Gasteiger partial charge on any atom is -0.472 e. The molecule has 17 heteroatoms. The maximum atomic E-state index is 13.8. The molecular weight excluding hydrogens is 692 g/mol. The molecule has 4 saturated carbocycles. The van der Waals surface area contributed by atoms with Crippen molar-refractivity contribution < 1.29 is 81.6 Å². The van der Waals surface area contributed by atoms with Crippen molar-refractivity contribution in [2.45, 2.75) is 120 Å². The van der Waals surface area contributed by atoms with Crippen LogP contribution >= 0.6 is 0 Å². The molecule has 2 spiro atoms. The molecule has 8 rings (SSSR count). The van der Waals surface area contributed by atoms with Crippen molar-refractivity contribution in [1.29, 1.82) is 0 Å². The number of fused-ring (bicyclic) bond motifs is 3. The lowest BCUT2D eigenvalue weighted by Crippen LogP contribution is -2.98. The summed E-state index contributed by atoms with van der Waals surface area (Å²) >= 11 is 0. The minimum absolute atomic E-state index is 0.246. The average Bonchev–Trinajstić information content (AvgIpc) is 3.76. The summed E-state index contributed by atoms with van der Waals surface area (Å²) in [5.74, 6) is -8.85. The van der Waals surface area contributed by atoms with Gasteiger partial charge in [0.15, 0.2) is 17.8 Å². The molecule has 3 aliphatic heterocycles. The van der Waals surface area contributed by atoms with E-state index in [4.69, 9.17) is 42.3 Å². The number of hydrogen-bond donors (Lipinski definition) is 3. The Balaban J connectivity index is 1.55. The number of esters is 5. The summed E-state index contributed by atoms with van der Waals surface area (Å²) in [5, 5.41) is 38.7. The van der Waals surface area contributed by atoms with Crippen LogP contribution in [0.5, 0.6) is 0 Å². The number of rotatable bonds is 7. The van der Waals surface area contributed by atoms with Gasteiger partial charge in [0.05, 0.1) is 43.0 Å². The fourth-order valence-corrected chi connectivity index (χ4v) is 12.6. The lowest BCUT2D eigenvalue weighted by atomic mass is 9.32. The third kappa shape index (κ3) is 3.49. The SMILES string of the molecule is COC(=O)C[C@H]1[C@]2(C)C[C@@]34OC5(C)O[C@]6([C@@H]7CC(=O)O[C@@H](c8ccoc8)[C@]7(C)[C@@H](OC(C)=O)[C@@H](OC(C)=O)[C@]6(O5)[C@]13COC(C)=O)[C@H](O)[C@@]4(O)[C@H]2O. The molecule has 284 valence electrons. The zero-order chi connectivity index (χ0) is 37.8. The Morgan fingerprint density at radius 2 is 1.62 bits per heavy atom. The summed E-state index contributed by atoms with van der Waals surface area (Å²) in [7, 11) is 1.16. The maximum absolute atomic E-state index is 13.8. The van der Waals surface area contributed by atoms with E-state index in [1.165, 1.54) is 25.5 Å².